The van der Waals surface area contributed by atoms with Crippen LogP contribution in [0.15, 0.2) is 36.4 Å². The Morgan fingerprint density at radius 2 is 1.63 bits per heavy atom. The van der Waals surface area contributed by atoms with E-state index in [9.17, 15) is 14.0 Å². The van der Waals surface area contributed by atoms with Crippen LogP contribution in [0.5, 0.6) is 17.2 Å². The maximum Gasteiger partial charge on any atom is 0.252 e. The Balaban J connectivity index is 2.12. The van der Waals surface area contributed by atoms with Gasteiger partial charge in [0.15, 0.2) is 11.5 Å². The molecule has 7 nitrogen and oxygen atoms in total. The van der Waals surface area contributed by atoms with Crippen LogP contribution in [0, 0.1) is 5.82 Å². The average Bonchev–Trinajstić information content (AvgIpc) is 2.66. The summed E-state index contributed by atoms with van der Waals surface area (Å²) in [6.45, 7) is 1.52. The zero-order chi connectivity index (χ0) is 20.0. The zero-order valence-electron chi connectivity index (χ0n) is 15.5. The maximum atomic E-state index is 13.2. The first-order valence-electron chi connectivity index (χ1n) is 8.07. The molecule has 0 aliphatic rings. The summed E-state index contributed by atoms with van der Waals surface area (Å²) < 4.78 is 28.8. The highest BCUT2D eigenvalue weighted by molar-refractivity contribution is 6.01. The Morgan fingerprint density at radius 3 is 2.15 bits per heavy atom. The summed E-state index contributed by atoms with van der Waals surface area (Å²) in [6.07, 6.45) is 0. The topological polar surface area (TPSA) is 85.9 Å². The molecular weight excluding hydrogens is 355 g/mol. The van der Waals surface area contributed by atoms with Gasteiger partial charge in [-0.05, 0) is 37.3 Å². The molecule has 0 unspecified atom stereocenters. The number of benzene rings is 2. The lowest BCUT2D eigenvalue weighted by molar-refractivity contribution is -0.117. The van der Waals surface area contributed by atoms with Crippen molar-refractivity contribution in [3.8, 4) is 17.2 Å². The molecule has 1 atom stereocenters. The van der Waals surface area contributed by atoms with Gasteiger partial charge in [0.1, 0.15) is 11.9 Å². The molecule has 0 radical (unpaired) electrons. The van der Waals surface area contributed by atoms with E-state index in [-0.39, 0.29) is 5.56 Å². The minimum atomic E-state index is -0.861. The minimum Gasteiger partial charge on any atom is -0.493 e. The van der Waals surface area contributed by atoms with Crippen LogP contribution in [0.3, 0.4) is 0 Å². The number of hydrogen-bond donors (Lipinski definition) is 2. The van der Waals surface area contributed by atoms with Crippen LogP contribution in [0.2, 0.25) is 0 Å². The van der Waals surface area contributed by atoms with Crippen molar-refractivity contribution in [1.82, 2.24) is 5.32 Å². The van der Waals surface area contributed by atoms with Crippen molar-refractivity contribution in [3.63, 3.8) is 0 Å². The molecule has 0 heterocycles. The Morgan fingerprint density at radius 1 is 1.00 bits per heavy atom. The first kappa shape index (κ1) is 20.0. The molecule has 8 heteroatoms. The number of hydrogen-bond acceptors (Lipinski definition) is 5. The monoisotopic (exact) mass is 376 g/mol. The van der Waals surface area contributed by atoms with Gasteiger partial charge in [0.05, 0.1) is 21.3 Å². The fourth-order valence-corrected chi connectivity index (χ4v) is 2.37. The Hall–Kier alpha value is -3.29. The largest absolute Gasteiger partial charge is 0.493 e. The normalized spacial score (nSPS) is 11.3. The molecule has 2 amide bonds. The molecule has 0 aliphatic heterocycles. The molecule has 27 heavy (non-hydrogen) atoms. The predicted molar refractivity (Wildman–Crippen MR) is 98.1 cm³/mol. The van der Waals surface area contributed by atoms with E-state index >= 15 is 0 Å². The Kier molecular flexibility index (Phi) is 6.59. The van der Waals surface area contributed by atoms with E-state index in [1.54, 1.807) is 6.07 Å². The number of ether oxygens (including phenoxy) is 3. The number of anilines is 1. The quantitative estimate of drug-likeness (QED) is 0.776. The van der Waals surface area contributed by atoms with Gasteiger partial charge in [-0.1, -0.05) is 6.07 Å². The van der Waals surface area contributed by atoms with Gasteiger partial charge in [0.25, 0.3) is 5.91 Å². The van der Waals surface area contributed by atoms with Gasteiger partial charge >= 0.3 is 0 Å². The molecular formula is C19H21FN2O5. The molecule has 2 aromatic rings. The van der Waals surface area contributed by atoms with E-state index in [1.807, 2.05) is 0 Å². The van der Waals surface area contributed by atoms with Crippen LogP contribution in [0.1, 0.15) is 17.3 Å². The first-order valence-corrected chi connectivity index (χ1v) is 8.07. The van der Waals surface area contributed by atoms with Crippen LogP contribution >= 0.6 is 0 Å². The molecule has 0 fully saturated rings. The van der Waals surface area contributed by atoms with E-state index in [0.717, 1.165) is 0 Å². The van der Waals surface area contributed by atoms with Crippen LogP contribution < -0.4 is 24.8 Å². The van der Waals surface area contributed by atoms with Gasteiger partial charge in [0.2, 0.25) is 11.7 Å². The molecule has 0 saturated carbocycles. The number of rotatable bonds is 7. The third-order valence-electron chi connectivity index (χ3n) is 3.76. The molecule has 0 spiro atoms. The summed E-state index contributed by atoms with van der Waals surface area (Å²) in [4.78, 5) is 24.7. The van der Waals surface area contributed by atoms with E-state index in [1.165, 1.54) is 58.6 Å². The molecule has 0 bridgehead atoms. The third-order valence-corrected chi connectivity index (χ3v) is 3.76. The van der Waals surface area contributed by atoms with Gasteiger partial charge in [-0.3, -0.25) is 9.59 Å². The van der Waals surface area contributed by atoms with Gasteiger partial charge in [0, 0.05) is 11.3 Å². The van der Waals surface area contributed by atoms with Gasteiger partial charge in [-0.2, -0.15) is 0 Å². The van der Waals surface area contributed by atoms with Crippen molar-refractivity contribution in [2.75, 3.05) is 26.6 Å². The lowest BCUT2D eigenvalue weighted by atomic mass is 10.1. The summed E-state index contributed by atoms with van der Waals surface area (Å²) in [6, 6.07) is 7.58. The minimum absolute atomic E-state index is 0.231. The molecule has 144 valence electrons. The second-order valence-electron chi connectivity index (χ2n) is 5.61. The predicted octanol–water partition coefficient (Wildman–Crippen LogP) is 2.61. The summed E-state index contributed by atoms with van der Waals surface area (Å²) in [5, 5.41) is 5.11. The van der Waals surface area contributed by atoms with Crippen molar-refractivity contribution in [2.24, 2.45) is 0 Å². The molecule has 0 aromatic heterocycles. The lowest BCUT2D eigenvalue weighted by Crippen LogP contribution is -2.41. The highest BCUT2D eigenvalue weighted by Crippen LogP contribution is 2.38. The smallest absolute Gasteiger partial charge is 0.252 e. The van der Waals surface area contributed by atoms with E-state index in [0.29, 0.717) is 22.9 Å². The van der Waals surface area contributed by atoms with E-state index in [2.05, 4.69) is 10.6 Å². The van der Waals surface area contributed by atoms with Crippen LogP contribution in [0.25, 0.3) is 0 Å². The summed E-state index contributed by atoms with van der Waals surface area (Å²) in [5.74, 6) is -0.467. The third kappa shape index (κ3) is 4.87. The molecule has 0 saturated heterocycles. The van der Waals surface area contributed by atoms with Crippen LogP contribution in [0.4, 0.5) is 10.1 Å². The fourth-order valence-electron chi connectivity index (χ4n) is 2.37. The van der Waals surface area contributed by atoms with E-state index < -0.39 is 23.7 Å². The number of carbonyl (C=O) groups excluding carboxylic acids is 2. The number of methoxy groups -OCH3 is 3. The highest BCUT2D eigenvalue weighted by atomic mass is 19.1. The SMILES string of the molecule is COc1cc(C(=O)N[C@@H](C)C(=O)Nc2cccc(F)c2)cc(OC)c1OC. The standard InChI is InChI=1S/C19H21FN2O5/c1-11(18(23)22-14-7-5-6-13(20)10-14)21-19(24)12-8-15(25-2)17(27-4)16(9-12)26-3/h5-11H,1-4H3,(H,21,24)(H,22,23)/t11-/m0/s1. The number of halogens is 1. The maximum absolute atomic E-state index is 13.2. The van der Waals surface area contributed by atoms with Crippen molar-refractivity contribution in [2.45, 2.75) is 13.0 Å². The van der Waals surface area contributed by atoms with Gasteiger partial charge in [-0.15, -0.1) is 0 Å². The summed E-state index contributed by atoms with van der Waals surface area (Å²) in [5.41, 5.74) is 0.531. The number of amides is 2. The molecule has 0 aliphatic carbocycles. The Labute approximate surface area is 156 Å². The molecule has 2 aromatic carbocycles. The number of carbonyl (C=O) groups is 2. The van der Waals surface area contributed by atoms with Crippen molar-refractivity contribution in [1.29, 1.82) is 0 Å². The average molecular weight is 376 g/mol. The molecule has 2 N–H and O–H groups in total. The van der Waals surface area contributed by atoms with Crippen molar-refractivity contribution >= 4 is 17.5 Å². The molecule has 2 rings (SSSR count). The second-order valence-corrected chi connectivity index (χ2v) is 5.61. The van der Waals surface area contributed by atoms with Gasteiger partial charge in [-0.25, -0.2) is 4.39 Å². The van der Waals surface area contributed by atoms with Crippen LogP contribution in [-0.2, 0) is 4.79 Å². The van der Waals surface area contributed by atoms with E-state index in [4.69, 9.17) is 14.2 Å². The fraction of sp³-hybridized carbons (Fsp3) is 0.263. The highest BCUT2D eigenvalue weighted by Gasteiger charge is 2.20. The van der Waals surface area contributed by atoms with Crippen molar-refractivity contribution in [3.05, 3.63) is 47.8 Å². The second kappa shape index (κ2) is 8.88. The van der Waals surface area contributed by atoms with Crippen molar-refractivity contribution < 1.29 is 28.2 Å². The first-order chi connectivity index (χ1) is 12.9. The summed E-state index contributed by atoms with van der Waals surface area (Å²) >= 11 is 0. The summed E-state index contributed by atoms with van der Waals surface area (Å²) in [7, 11) is 4.33. The lowest BCUT2D eigenvalue weighted by Gasteiger charge is -2.16. The number of nitrogens with one attached hydrogen (secondary N) is 2. The van der Waals surface area contributed by atoms with Gasteiger partial charge < -0.3 is 24.8 Å². The van der Waals surface area contributed by atoms with Crippen LogP contribution in [-0.4, -0.2) is 39.2 Å². The Bertz CT molecular complexity index is 816. The zero-order valence-corrected chi connectivity index (χ0v) is 15.5.